The van der Waals surface area contributed by atoms with Gasteiger partial charge in [0.05, 0.1) is 5.52 Å². The monoisotopic (exact) mass is 519 g/mol. The molecule has 0 amide bonds. The molecular formula is C36H29N3O. The molecule has 40 heavy (non-hydrogen) atoms. The maximum atomic E-state index is 6.35. The van der Waals surface area contributed by atoms with Crippen molar-refractivity contribution in [2.75, 3.05) is 0 Å². The maximum Gasteiger partial charge on any atom is 0.169 e. The number of para-hydroxylation sites is 1. The SMILES string of the molecule is CC(C)Cc1ccc2c(c1)c1ccccc1c1nnc(-c3ccc(C4=CCCc5c4oc4ccccc54)cc3)n21. The Bertz CT molecular complexity index is 2110. The molecule has 8 rings (SSSR count). The first-order chi connectivity index (χ1) is 19.7. The largest absolute Gasteiger partial charge is 0.456 e. The molecule has 4 aromatic carbocycles. The average molecular weight is 520 g/mol. The van der Waals surface area contributed by atoms with Crippen molar-refractivity contribution in [3.63, 3.8) is 0 Å². The van der Waals surface area contributed by atoms with Gasteiger partial charge in [-0.1, -0.05) is 92.7 Å². The van der Waals surface area contributed by atoms with Gasteiger partial charge < -0.3 is 4.42 Å². The van der Waals surface area contributed by atoms with Crippen LogP contribution in [0.15, 0.2) is 101 Å². The minimum atomic E-state index is 0.603. The first kappa shape index (κ1) is 23.2. The van der Waals surface area contributed by atoms with Crippen LogP contribution < -0.4 is 0 Å². The molecule has 0 radical (unpaired) electrons. The highest BCUT2D eigenvalue weighted by molar-refractivity contribution is 6.12. The van der Waals surface area contributed by atoms with E-state index in [1.165, 1.54) is 32.9 Å². The quantitative estimate of drug-likeness (QED) is 0.218. The van der Waals surface area contributed by atoms with Crippen molar-refractivity contribution in [3.8, 4) is 11.4 Å². The van der Waals surface area contributed by atoms with Gasteiger partial charge in [-0.05, 0) is 59.9 Å². The Morgan fingerprint density at radius 3 is 2.35 bits per heavy atom. The van der Waals surface area contributed by atoms with Crippen LogP contribution >= 0.6 is 0 Å². The van der Waals surface area contributed by atoms with Gasteiger partial charge in [0.1, 0.15) is 11.3 Å². The second-order valence-corrected chi connectivity index (χ2v) is 11.3. The number of rotatable bonds is 4. The summed E-state index contributed by atoms with van der Waals surface area (Å²) < 4.78 is 8.57. The number of pyridine rings is 1. The van der Waals surface area contributed by atoms with Crippen LogP contribution in [0.25, 0.3) is 55.3 Å². The lowest BCUT2D eigenvalue weighted by Crippen LogP contribution is -1.99. The number of furan rings is 1. The molecule has 3 aromatic heterocycles. The van der Waals surface area contributed by atoms with Gasteiger partial charge in [0.25, 0.3) is 0 Å². The van der Waals surface area contributed by atoms with E-state index in [2.05, 4.69) is 109 Å². The van der Waals surface area contributed by atoms with Gasteiger partial charge >= 0.3 is 0 Å². The normalized spacial score (nSPS) is 13.5. The minimum absolute atomic E-state index is 0.603. The summed E-state index contributed by atoms with van der Waals surface area (Å²) in [5.74, 6) is 2.46. The predicted octanol–water partition coefficient (Wildman–Crippen LogP) is 9.03. The molecule has 3 heterocycles. The van der Waals surface area contributed by atoms with Crippen LogP contribution in [-0.2, 0) is 12.8 Å². The van der Waals surface area contributed by atoms with Crippen LogP contribution in [0.4, 0.5) is 0 Å². The number of fused-ring (bicyclic) bond motifs is 9. The second kappa shape index (κ2) is 8.92. The lowest BCUT2D eigenvalue weighted by Gasteiger charge is -2.14. The molecule has 0 saturated heterocycles. The molecule has 1 aliphatic rings. The Labute approximate surface area is 232 Å². The van der Waals surface area contributed by atoms with E-state index in [1.54, 1.807) is 0 Å². The summed E-state index contributed by atoms with van der Waals surface area (Å²) in [5, 5.41) is 14.2. The molecule has 4 nitrogen and oxygen atoms in total. The fourth-order valence-corrected chi connectivity index (χ4v) is 6.44. The standard InChI is InChI=1S/C36H29N3O/c1-22(2)20-23-14-19-32-31(21-23)27-8-3-4-10-30(27)36-38-37-35(39(32)36)25-17-15-24(16-18-25)26-11-7-12-29-28-9-5-6-13-33(28)40-34(26)29/h3-6,8-11,13-19,21-22H,7,12,20H2,1-2H3. The van der Waals surface area contributed by atoms with E-state index in [0.29, 0.717) is 5.92 Å². The van der Waals surface area contributed by atoms with Crippen molar-refractivity contribution in [3.05, 3.63) is 120 Å². The molecule has 4 heteroatoms. The van der Waals surface area contributed by atoms with Crippen LogP contribution in [-0.4, -0.2) is 14.6 Å². The van der Waals surface area contributed by atoms with Gasteiger partial charge in [0, 0.05) is 32.9 Å². The molecular weight excluding hydrogens is 490 g/mol. The van der Waals surface area contributed by atoms with E-state index in [9.17, 15) is 0 Å². The topological polar surface area (TPSA) is 43.3 Å². The number of aryl methyl sites for hydroxylation is 1. The summed E-state index contributed by atoms with van der Waals surface area (Å²) in [5.41, 5.74) is 9.03. The molecule has 7 aromatic rings. The maximum absolute atomic E-state index is 6.35. The van der Waals surface area contributed by atoms with Crippen molar-refractivity contribution >= 4 is 43.9 Å². The third-order valence-electron chi connectivity index (χ3n) is 8.21. The van der Waals surface area contributed by atoms with Gasteiger partial charge in [-0.3, -0.25) is 4.40 Å². The fraction of sp³-hybridized carbons (Fsp3) is 0.167. The van der Waals surface area contributed by atoms with Crippen LogP contribution in [0.3, 0.4) is 0 Å². The average Bonchev–Trinajstić information content (AvgIpc) is 3.60. The predicted molar refractivity (Wildman–Crippen MR) is 164 cm³/mol. The molecule has 0 saturated carbocycles. The molecule has 0 fully saturated rings. The van der Waals surface area contributed by atoms with Crippen LogP contribution in [0.1, 0.15) is 42.7 Å². The molecule has 1 aliphatic carbocycles. The smallest absolute Gasteiger partial charge is 0.169 e. The number of allylic oxidation sites excluding steroid dienone is 1. The number of hydrogen-bond acceptors (Lipinski definition) is 3. The Morgan fingerprint density at radius 1 is 0.775 bits per heavy atom. The van der Waals surface area contributed by atoms with Gasteiger partial charge in [-0.25, -0.2) is 0 Å². The van der Waals surface area contributed by atoms with E-state index in [0.717, 1.165) is 64.1 Å². The number of aromatic nitrogens is 3. The molecule has 194 valence electrons. The van der Waals surface area contributed by atoms with Crippen LogP contribution in [0.2, 0.25) is 0 Å². The lowest BCUT2D eigenvalue weighted by molar-refractivity contribution is 0.591. The zero-order valence-corrected chi connectivity index (χ0v) is 22.7. The van der Waals surface area contributed by atoms with Crippen molar-refractivity contribution in [1.82, 2.24) is 14.6 Å². The number of hydrogen-bond donors (Lipinski definition) is 0. The zero-order valence-electron chi connectivity index (χ0n) is 22.7. The highest BCUT2D eigenvalue weighted by Crippen LogP contribution is 2.39. The summed E-state index contributed by atoms with van der Waals surface area (Å²) in [6, 6.07) is 32.4. The Kier molecular flexibility index (Phi) is 5.18. The van der Waals surface area contributed by atoms with Gasteiger partial charge in [0.2, 0.25) is 0 Å². The molecule has 0 spiro atoms. The number of nitrogens with zero attached hydrogens (tertiary/aromatic N) is 3. The highest BCUT2D eigenvalue weighted by atomic mass is 16.3. The van der Waals surface area contributed by atoms with E-state index < -0.39 is 0 Å². The summed E-state index contributed by atoms with van der Waals surface area (Å²) in [4.78, 5) is 0. The summed E-state index contributed by atoms with van der Waals surface area (Å²) in [6.45, 7) is 4.54. The summed E-state index contributed by atoms with van der Waals surface area (Å²) in [7, 11) is 0. The van der Waals surface area contributed by atoms with Gasteiger partial charge in [0.15, 0.2) is 11.5 Å². The molecule has 0 unspecified atom stereocenters. The minimum Gasteiger partial charge on any atom is -0.456 e. The Morgan fingerprint density at radius 2 is 1.52 bits per heavy atom. The van der Waals surface area contributed by atoms with Gasteiger partial charge in [-0.2, -0.15) is 0 Å². The third kappa shape index (κ3) is 3.52. The van der Waals surface area contributed by atoms with E-state index in [4.69, 9.17) is 14.6 Å². The van der Waals surface area contributed by atoms with Crippen LogP contribution in [0, 0.1) is 5.92 Å². The van der Waals surface area contributed by atoms with Gasteiger partial charge in [-0.15, -0.1) is 10.2 Å². The van der Waals surface area contributed by atoms with Crippen molar-refractivity contribution in [2.24, 2.45) is 5.92 Å². The van der Waals surface area contributed by atoms with E-state index in [-0.39, 0.29) is 0 Å². The number of benzene rings is 4. The van der Waals surface area contributed by atoms with Crippen molar-refractivity contribution < 1.29 is 4.42 Å². The van der Waals surface area contributed by atoms with Crippen molar-refractivity contribution in [1.29, 1.82) is 0 Å². The summed E-state index contributed by atoms with van der Waals surface area (Å²) >= 11 is 0. The Hall–Kier alpha value is -4.70. The Balaban J connectivity index is 1.27. The van der Waals surface area contributed by atoms with Crippen LogP contribution in [0.5, 0.6) is 0 Å². The van der Waals surface area contributed by atoms with E-state index >= 15 is 0 Å². The first-order valence-electron chi connectivity index (χ1n) is 14.2. The molecule has 0 aliphatic heterocycles. The zero-order chi connectivity index (χ0) is 26.8. The highest BCUT2D eigenvalue weighted by Gasteiger charge is 2.22. The molecule has 0 N–H and O–H groups in total. The molecule has 0 bridgehead atoms. The fourth-order valence-electron chi connectivity index (χ4n) is 6.44. The summed E-state index contributed by atoms with van der Waals surface area (Å²) in [6.07, 6.45) is 5.39. The second-order valence-electron chi connectivity index (χ2n) is 11.3. The van der Waals surface area contributed by atoms with Crippen molar-refractivity contribution in [2.45, 2.75) is 33.1 Å². The third-order valence-corrected chi connectivity index (χ3v) is 8.21. The lowest BCUT2D eigenvalue weighted by atomic mass is 9.91. The first-order valence-corrected chi connectivity index (χ1v) is 14.2. The molecule has 0 atom stereocenters. The van der Waals surface area contributed by atoms with E-state index in [1.807, 2.05) is 6.07 Å².